The summed E-state index contributed by atoms with van der Waals surface area (Å²) in [4.78, 5) is 34.7. The third kappa shape index (κ3) is 4.93. The molecule has 0 fully saturated rings. The molecule has 0 bridgehead atoms. The highest BCUT2D eigenvalue weighted by atomic mass is 32.1. The van der Waals surface area contributed by atoms with Crippen LogP contribution in [0, 0.1) is 6.92 Å². The van der Waals surface area contributed by atoms with Crippen LogP contribution in [-0.4, -0.2) is 20.4 Å². The van der Waals surface area contributed by atoms with E-state index < -0.39 is 0 Å². The van der Waals surface area contributed by atoms with Gasteiger partial charge < -0.3 is 4.90 Å². The maximum absolute atomic E-state index is 13.8. The molecule has 2 aromatic heterocycles. The summed E-state index contributed by atoms with van der Waals surface area (Å²) in [5.41, 5.74) is 3.71. The molecule has 1 amide bonds. The minimum Gasteiger partial charge on any atom is -0.329 e. The maximum atomic E-state index is 13.8. The number of aryl methyl sites for hydroxylation is 1. The van der Waals surface area contributed by atoms with Crippen LogP contribution in [0.4, 0.5) is 0 Å². The molecule has 5 nitrogen and oxygen atoms in total. The number of carbonyl (C=O) groups excluding carboxylic acids is 1. The van der Waals surface area contributed by atoms with Crippen LogP contribution in [0.2, 0.25) is 0 Å². The highest BCUT2D eigenvalue weighted by Gasteiger charge is 2.24. The van der Waals surface area contributed by atoms with E-state index in [-0.39, 0.29) is 11.5 Å². The zero-order chi connectivity index (χ0) is 24.2. The summed E-state index contributed by atoms with van der Waals surface area (Å²) in [6, 6.07) is 29.7. The Hall–Kier alpha value is -4.03. The van der Waals surface area contributed by atoms with E-state index in [1.54, 1.807) is 10.9 Å². The Morgan fingerprint density at radius 3 is 1.89 bits per heavy atom. The number of rotatable bonds is 7. The monoisotopic (exact) mass is 479 g/mol. The first kappa shape index (κ1) is 22.7. The first-order valence-electron chi connectivity index (χ1n) is 11.5. The van der Waals surface area contributed by atoms with Crippen LogP contribution < -0.4 is 5.56 Å². The lowest BCUT2D eigenvalue weighted by Gasteiger charge is -2.23. The molecule has 5 aromatic rings. The molecular weight excluding hydrogens is 454 g/mol. The van der Waals surface area contributed by atoms with Crippen LogP contribution >= 0.6 is 11.3 Å². The third-order valence-electron chi connectivity index (χ3n) is 6.03. The minimum atomic E-state index is -0.121. The number of nitrogens with zero attached hydrogens (tertiary/aromatic N) is 3. The Morgan fingerprint density at radius 1 is 0.829 bits per heavy atom. The van der Waals surface area contributed by atoms with Gasteiger partial charge in [-0.2, -0.15) is 0 Å². The molecule has 2 heterocycles. The molecule has 0 radical (unpaired) electrons. The van der Waals surface area contributed by atoms with Crippen molar-refractivity contribution < 1.29 is 4.79 Å². The van der Waals surface area contributed by atoms with Gasteiger partial charge in [0.15, 0.2) is 0 Å². The molecule has 6 heteroatoms. The fraction of sp³-hybridized carbons (Fsp3) is 0.138. The highest BCUT2D eigenvalue weighted by molar-refractivity contribution is 7.20. The van der Waals surface area contributed by atoms with Crippen molar-refractivity contribution in [3.05, 3.63) is 135 Å². The number of benzene rings is 3. The van der Waals surface area contributed by atoms with E-state index in [1.165, 1.54) is 11.3 Å². The van der Waals surface area contributed by atoms with Gasteiger partial charge >= 0.3 is 0 Å². The quantitative estimate of drug-likeness (QED) is 0.303. The van der Waals surface area contributed by atoms with E-state index in [1.807, 2.05) is 103 Å². The summed E-state index contributed by atoms with van der Waals surface area (Å²) < 4.78 is 1.61. The van der Waals surface area contributed by atoms with Crippen molar-refractivity contribution in [2.24, 2.45) is 0 Å². The molecule has 0 atom stereocenters. The average molecular weight is 480 g/mol. The summed E-state index contributed by atoms with van der Waals surface area (Å²) in [6.45, 7) is 3.25. The van der Waals surface area contributed by atoms with Crippen LogP contribution in [0.25, 0.3) is 10.2 Å². The molecule has 0 spiro atoms. The summed E-state index contributed by atoms with van der Waals surface area (Å²) in [5.74, 6) is -0.0905. The molecule has 0 unspecified atom stereocenters. The Morgan fingerprint density at radius 2 is 1.34 bits per heavy atom. The van der Waals surface area contributed by atoms with Crippen molar-refractivity contribution in [3.63, 3.8) is 0 Å². The van der Waals surface area contributed by atoms with E-state index in [0.717, 1.165) is 16.7 Å². The highest BCUT2D eigenvalue weighted by Crippen LogP contribution is 2.29. The second-order valence-corrected chi connectivity index (χ2v) is 9.53. The minimum absolute atomic E-state index is 0.0905. The van der Waals surface area contributed by atoms with Crippen molar-refractivity contribution in [1.29, 1.82) is 0 Å². The number of hydrogen-bond donors (Lipinski definition) is 0. The zero-order valence-corrected chi connectivity index (χ0v) is 20.2. The van der Waals surface area contributed by atoms with E-state index >= 15 is 0 Å². The summed E-state index contributed by atoms with van der Waals surface area (Å²) >= 11 is 1.29. The lowest BCUT2D eigenvalue weighted by Crippen LogP contribution is -2.30. The third-order valence-corrected chi connectivity index (χ3v) is 7.21. The number of fused-ring (bicyclic) bond motifs is 1. The van der Waals surface area contributed by atoms with Gasteiger partial charge in [-0.15, -0.1) is 11.3 Å². The van der Waals surface area contributed by atoms with Gasteiger partial charge in [0.25, 0.3) is 11.5 Å². The molecule has 0 aliphatic heterocycles. The lowest BCUT2D eigenvalue weighted by molar-refractivity contribution is 0.0734. The topological polar surface area (TPSA) is 55.2 Å². The summed E-state index contributed by atoms with van der Waals surface area (Å²) in [5, 5.41) is 0.524. The molecule has 0 aliphatic rings. The fourth-order valence-corrected chi connectivity index (χ4v) is 5.31. The maximum Gasteiger partial charge on any atom is 0.264 e. The Balaban J connectivity index is 1.51. The van der Waals surface area contributed by atoms with Crippen molar-refractivity contribution in [2.75, 3.05) is 0 Å². The SMILES string of the molecule is Cc1c(C(=O)N(Cc2ccccc2)Cc2ccccc2)sc2ncn(Cc3ccccc3)c(=O)c12. The van der Waals surface area contributed by atoms with Crippen molar-refractivity contribution in [1.82, 2.24) is 14.5 Å². The van der Waals surface area contributed by atoms with Gasteiger partial charge in [0.2, 0.25) is 0 Å². The van der Waals surface area contributed by atoms with Gasteiger partial charge in [-0.05, 0) is 29.2 Å². The molecule has 0 aliphatic carbocycles. The number of aromatic nitrogens is 2. The summed E-state index contributed by atoms with van der Waals surface area (Å²) in [6.07, 6.45) is 1.58. The fourth-order valence-electron chi connectivity index (χ4n) is 4.21. The van der Waals surface area contributed by atoms with Gasteiger partial charge in [-0.3, -0.25) is 14.2 Å². The molecule has 0 saturated carbocycles. The molecule has 35 heavy (non-hydrogen) atoms. The molecule has 5 rings (SSSR count). The van der Waals surface area contributed by atoms with E-state index in [4.69, 9.17) is 0 Å². The van der Waals surface area contributed by atoms with E-state index in [0.29, 0.717) is 40.3 Å². The Bertz CT molecular complexity index is 1470. The first-order valence-corrected chi connectivity index (χ1v) is 12.3. The number of amides is 1. The molecule has 174 valence electrons. The van der Waals surface area contributed by atoms with E-state index in [2.05, 4.69) is 4.98 Å². The predicted octanol–water partition coefficient (Wildman–Crippen LogP) is 5.66. The normalized spacial score (nSPS) is 11.0. The van der Waals surface area contributed by atoms with Crippen LogP contribution in [-0.2, 0) is 19.6 Å². The van der Waals surface area contributed by atoms with Crippen LogP contribution in [0.1, 0.15) is 31.9 Å². The van der Waals surface area contributed by atoms with Gasteiger partial charge in [-0.25, -0.2) is 4.98 Å². The number of thiophene rings is 1. The zero-order valence-electron chi connectivity index (χ0n) is 19.4. The van der Waals surface area contributed by atoms with Crippen LogP contribution in [0.3, 0.4) is 0 Å². The second kappa shape index (κ2) is 10.1. The van der Waals surface area contributed by atoms with Gasteiger partial charge in [0.1, 0.15) is 4.83 Å². The van der Waals surface area contributed by atoms with Crippen molar-refractivity contribution in [2.45, 2.75) is 26.6 Å². The number of carbonyl (C=O) groups is 1. The molecule has 0 N–H and O–H groups in total. The predicted molar refractivity (Wildman–Crippen MR) is 141 cm³/mol. The van der Waals surface area contributed by atoms with Gasteiger partial charge in [0.05, 0.1) is 23.1 Å². The van der Waals surface area contributed by atoms with Gasteiger partial charge in [0, 0.05) is 13.1 Å². The number of hydrogen-bond acceptors (Lipinski definition) is 4. The van der Waals surface area contributed by atoms with Crippen molar-refractivity contribution in [3.8, 4) is 0 Å². The first-order chi connectivity index (χ1) is 17.1. The molecular formula is C29H25N3O2S. The Kier molecular flexibility index (Phi) is 6.55. The lowest BCUT2D eigenvalue weighted by atomic mass is 10.1. The van der Waals surface area contributed by atoms with E-state index in [9.17, 15) is 9.59 Å². The Labute approximate surface area is 207 Å². The largest absolute Gasteiger partial charge is 0.329 e. The smallest absolute Gasteiger partial charge is 0.264 e. The van der Waals surface area contributed by atoms with Crippen LogP contribution in [0.5, 0.6) is 0 Å². The second-order valence-electron chi connectivity index (χ2n) is 8.53. The van der Waals surface area contributed by atoms with Gasteiger partial charge in [-0.1, -0.05) is 91.0 Å². The van der Waals surface area contributed by atoms with Crippen LogP contribution in [0.15, 0.2) is 102 Å². The van der Waals surface area contributed by atoms with Crippen molar-refractivity contribution >= 4 is 27.5 Å². The molecule has 3 aromatic carbocycles. The summed E-state index contributed by atoms with van der Waals surface area (Å²) in [7, 11) is 0. The average Bonchev–Trinajstić information content (AvgIpc) is 3.23. The molecule has 0 saturated heterocycles. The standard InChI is InChI=1S/C29H25N3O2S/c1-21-25-27(30-20-32(28(25)33)19-24-15-9-4-10-16-24)35-26(21)29(34)31(17-22-11-5-2-6-12-22)18-23-13-7-3-8-14-23/h2-16,20H,17-19H2,1H3.